The molecule has 3 aromatic rings. The van der Waals surface area contributed by atoms with Crippen LogP contribution in [0.4, 0.5) is 10.5 Å². The Labute approximate surface area is 191 Å². The first kappa shape index (κ1) is 21.9. The third-order valence-electron chi connectivity index (χ3n) is 6.09. The van der Waals surface area contributed by atoms with Crippen molar-refractivity contribution in [3.63, 3.8) is 0 Å². The van der Waals surface area contributed by atoms with Crippen molar-refractivity contribution in [2.24, 2.45) is 11.8 Å². The van der Waals surface area contributed by atoms with Gasteiger partial charge >= 0.3 is 6.09 Å². The van der Waals surface area contributed by atoms with Crippen molar-refractivity contribution in [3.8, 4) is 11.8 Å². The minimum Gasteiger partial charge on any atom is -0.494 e. The molecule has 9 heteroatoms. The number of anilines is 1. The molecule has 2 unspecified atom stereocenters. The van der Waals surface area contributed by atoms with E-state index in [-0.39, 0.29) is 11.1 Å². The van der Waals surface area contributed by atoms with E-state index in [9.17, 15) is 15.2 Å². The molecule has 1 aromatic carbocycles. The van der Waals surface area contributed by atoms with Crippen LogP contribution in [0.25, 0.3) is 11.0 Å². The molecule has 0 spiro atoms. The number of carboxylic acid groups (broad SMARTS) is 1. The van der Waals surface area contributed by atoms with E-state index in [0.29, 0.717) is 29.5 Å². The average molecular weight is 454 g/mol. The van der Waals surface area contributed by atoms with Crippen LogP contribution >= 0.6 is 11.6 Å². The van der Waals surface area contributed by atoms with Crippen LogP contribution < -0.4 is 9.64 Å². The molecule has 8 nitrogen and oxygen atoms in total. The molecule has 1 saturated carbocycles. The molecule has 1 fully saturated rings. The van der Waals surface area contributed by atoms with Crippen molar-refractivity contribution in [2.75, 3.05) is 18.6 Å². The molecule has 0 bridgehead atoms. The fourth-order valence-electron chi connectivity index (χ4n) is 4.59. The topological polar surface area (TPSA) is 104 Å². The molecule has 1 N–H and O–H groups in total. The number of imidazole rings is 1. The number of halogens is 1. The Morgan fingerprint density at radius 3 is 2.91 bits per heavy atom. The second-order valence-electron chi connectivity index (χ2n) is 8.18. The van der Waals surface area contributed by atoms with Crippen molar-refractivity contribution in [2.45, 2.75) is 32.2 Å². The van der Waals surface area contributed by atoms with Crippen LogP contribution in [0.2, 0.25) is 5.15 Å². The van der Waals surface area contributed by atoms with E-state index in [0.717, 1.165) is 43.3 Å². The van der Waals surface area contributed by atoms with Gasteiger partial charge < -0.3 is 14.4 Å². The molecule has 166 valence electrons. The Hall–Kier alpha value is -3.31. The maximum Gasteiger partial charge on any atom is 0.411 e. The van der Waals surface area contributed by atoms with Crippen molar-refractivity contribution in [1.29, 1.82) is 5.26 Å². The minimum atomic E-state index is -1.04. The van der Waals surface area contributed by atoms with E-state index in [1.54, 1.807) is 6.07 Å². The predicted molar refractivity (Wildman–Crippen MR) is 121 cm³/mol. The Morgan fingerprint density at radius 1 is 1.34 bits per heavy atom. The molecular formula is C23H24ClN5O3. The van der Waals surface area contributed by atoms with E-state index in [1.807, 2.05) is 18.5 Å². The number of pyridine rings is 1. The molecule has 32 heavy (non-hydrogen) atoms. The second kappa shape index (κ2) is 9.45. The zero-order chi connectivity index (χ0) is 22.7. The number of aromatic nitrogens is 3. The van der Waals surface area contributed by atoms with Gasteiger partial charge in [-0.05, 0) is 49.3 Å². The molecule has 0 radical (unpaired) electrons. The predicted octanol–water partition coefficient (Wildman–Crippen LogP) is 4.96. The van der Waals surface area contributed by atoms with Crippen LogP contribution in [-0.4, -0.2) is 39.4 Å². The van der Waals surface area contributed by atoms with Gasteiger partial charge in [-0.3, -0.25) is 4.90 Å². The zero-order valence-corrected chi connectivity index (χ0v) is 18.5. The van der Waals surface area contributed by atoms with E-state index >= 15 is 0 Å². The minimum absolute atomic E-state index is 0.217. The van der Waals surface area contributed by atoms with E-state index in [4.69, 9.17) is 16.3 Å². The molecule has 1 aliphatic carbocycles. The molecular weight excluding hydrogens is 430 g/mol. The zero-order valence-electron chi connectivity index (χ0n) is 17.7. The van der Waals surface area contributed by atoms with Gasteiger partial charge in [-0.2, -0.15) is 5.26 Å². The van der Waals surface area contributed by atoms with Crippen LogP contribution in [0, 0.1) is 23.2 Å². The largest absolute Gasteiger partial charge is 0.494 e. The number of carbonyl (C=O) groups is 1. The SMILES string of the molecule is COc1cc(Cl)ncc1N(CC1CCCC(Cn2cnc3ccc(C#N)cc32)C1)C(=O)O. The van der Waals surface area contributed by atoms with Gasteiger partial charge in [-0.15, -0.1) is 0 Å². The van der Waals surface area contributed by atoms with Crippen LogP contribution in [0.15, 0.2) is 36.8 Å². The van der Waals surface area contributed by atoms with Gasteiger partial charge in [0.05, 0.1) is 42.3 Å². The van der Waals surface area contributed by atoms with E-state index in [2.05, 4.69) is 20.6 Å². The lowest BCUT2D eigenvalue weighted by Gasteiger charge is -2.33. The molecule has 2 aromatic heterocycles. The van der Waals surface area contributed by atoms with E-state index < -0.39 is 6.09 Å². The maximum atomic E-state index is 12.0. The summed E-state index contributed by atoms with van der Waals surface area (Å²) >= 11 is 5.94. The number of fused-ring (bicyclic) bond motifs is 1. The number of amides is 1. The summed E-state index contributed by atoms with van der Waals surface area (Å²) in [5.74, 6) is 1.01. The molecule has 1 aliphatic rings. The number of hydrogen-bond acceptors (Lipinski definition) is 5. The number of hydrogen-bond donors (Lipinski definition) is 1. The molecule has 0 saturated heterocycles. The smallest absolute Gasteiger partial charge is 0.411 e. The first-order chi connectivity index (χ1) is 15.5. The van der Waals surface area contributed by atoms with Crippen LogP contribution in [0.1, 0.15) is 31.2 Å². The molecule has 4 rings (SSSR count). The molecule has 1 amide bonds. The number of nitrogens with zero attached hydrogens (tertiary/aromatic N) is 5. The van der Waals surface area contributed by atoms with Crippen LogP contribution in [0.5, 0.6) is 5.75 Å². The summed E-state index contributed by atoms with van der Waals surface area (Å²) in [4.78, 5) is 21.8. The number of nitriles is 1. The van der Waals surface area contributed by atoms with Gasteiger partial charge in [0.25, 0.3) is 0 Å². The molecule has 0 aliphatic heterocycles. The Kier molecular flexibility index (Phi) is 6.47. The third-order valence-corrected chi connectivity index (χ3v) is 6.30. The molecule has 2 atom stereocenters. The maximum absolute atomic E-state index is 12.0. The highest BCUT2D eigenvalue weighted by atomic mass is 35.5. The Balaban J connectivity index is 1.49. The first-order valence-electron chi connectivity index (χ1n) is 10.5. The highest BCUT2D eigenvalue weighted by Crippen LogP contribution is 2.35. The lowest BCUT2D eigenvalue weighted by molar-refractivity contribution is 0.195. The summed E-state index contributed by atoms with van der Waals surface area (Å²) in [7, 11) is 1.49. The summed E-state index contributed by atoms with van der Waals surface area (Å²) in [6.45, 7) is 1.16. The van der Waals surface area contributed by atoms with Gasteiger partial charge in [0.15, 0.2) is 0 Å². The quantitative estimate of drug-likeness (QED) is 0.529. The standard InChI is InChI=1S/C23H24ClN5O3/c1-32-21-9-22(24)26-11-20(21)29(23(30)31)13-17-4-2-3-16(7-17)12-28-14-27-18-6-5-15(10-25)8-19(18)28/h5-6,8-9,11,14,16-17H,2-4,7,12-13H2,1H3,(H,30,31). The summed E-state index contributed by atoms with van der Waals surface area (Å²) in [5, 5.41) is 19.3. The van der Waals surface area contributed by atoms with Crippen molar-refractivity contribution < 1.29 is 14.6 Å². The highest BCUT2D eigenvalue weighted by Gasteiger charge is 2.28. The Bertz CT molecular complexity index is 1170. The second-order valence-corrected chi connectivity index (χ2v) is 8.57. The van der Waals surface area contributed by atoms with Gasteiger partial charge in [0.2, 0.25) is 0 Å². The van der Waals surface area contributed by atoms with Gasteiger partial charge in [0.1, 0.15) is 16.6 Å². The summed E-state index contributed by atoms with van der Waals surface area (Å²) in [5.41, 5.74) is 2.84. The summed E-state index contributed by atoms with van der Waals surface area (Å²) < 4.78 is 7.44. The number of rotatable bonds is 6. The summed E-state index contributed by atoms with van der Waals surface area (Å²) in [6, 6.07) is 9.22. The highest BCUT2D eigenvalue weighted by molar-refractivity contribution is 6.29. The monoisotopic (exact) mass is 453 g/mol. The van der Waals surface area contributed by atoms with Crippen molar-refractivity contribution in [3.05, 3.63) is 47.5 Å². The molecule has 2 heterocycles. The average Bonchev–Trinajstić information content (AvgIpc) is 3.19. The van der Waals surface area contributed by atoms with Gasteiger partial charge in [-0.1, -0.05) is 18.0 Å². The van der Waals surface area contributed by atoms with Gasteiger partial charge in [0, 0.05) is 19.2 Å². The lowest BCUT2D eigenvalue weighted by Crippen LogP contribution is -2.36. The third kappa shape index (κ3) is 4.63. The van der Waals surface area contributed by atoms with Crippen molar-refractivity contribution >= 4 is 34.4 Å². The summed E-state index contributed by atoms with van der Waals surface area (Å²) in [6.07, 6.45) is 6.21. The number of ether oxygens (including phenoxy) is 1. The van der Waals surface area contributed by atoms with Crippen molar-refractivity contribution in [1.82, 2.24) is 14.5 Å². The van der Waals surface area contributed by atoms with E-state index in [1.165, 1.54) is 24.3 Å². The number of methoxy groups -OCH3 is 1. The normalized spacial score (nSPS) is 18.3. The fourth-order valence-corrected chi connectivity index (χ4v) is 4.74. The fraction of sp³-hybridized carbons (Fsp3) is 0.391. The Morgan fingerprint density at radius 2 is 2.16 bits per heavy atom. The van der Waals surface area contributed by atoms with Crippen LogP contribution in [0.3, 0.4) is 0 Å². The first-order valence-corrected chi connectivity index (χ1v) is 10.9. The van der Waals surface area contributed by atoms with Crippen LogP contribution in [-0.2, 0) is 6.54 Å². The number of benzene rings is 1. The van der Waals surface area contributed by atoms with Gasteiger partial charge in [-0.25, -0.2) is 14.8 Å². The lowest BCUT2D eigenvalue weighted by atomic mass is 9.81.